The Morgan fingerprint density at radius 3 is 1.40 bits per heavy atom. The van der Waals surface area contributed by atoms with E-state index in [0.29, 0.717) is 0 Å². The van der Waals surface area contributed by atoms with Crippen LogP contribution in [0.2, 0.25) is 6.55 Å². The second-order valence-corrected chi connectivity index (χ2v) is 7.53. The molecule has 0 aliphatic rings. The standard InChI is InChI=1S/C11H26O3Si/c1-8-10(3,4)13-15(7,12)14-11(5,6)9-2/h12H,8-9H2,1-7H3. The van der Waals surface area contributed by atoms with Gasteiger partial charge >= 0.3 is 8.80 Å². The van der Waals surface area contributed by atoms with Gasteiger partial charge in [0.15, 0.2) is 0 Å². The van der Waals surface area contributed by atoms with Crippen LogP contribution in [0.1, 0.15) is 54.4 Å². The predicted octanol–water partition coefficient (Wildman–Crippen LogP) is 2.96. The van der Waals surface area contributed by atoms with Gasteiger partial charge in [0, 0.05) is 6.55 Å². The molecule has 92 valence electrons. The van der Waals surface area contributed by atoms with Crippen LogP contribution in [0.15, 0.2) is 0 Å². The van der Waals surface area contributed by atoms with Crippen LogP contribution in [0, 0.1) is 0 Å². The highest BCUT2D eigenvalue weighted by Gasteiger charge is 2.40. The van der Waals surface area contributed by atoms with Gasteiger partial charge in [0.2, 0.25) is 0 Å². The summed E-state index contributed by atoms with van der Waals surface area (Å²) < 4.78 is 11.4. The molecule has 0 atom stereocenters. The minimum atomic E-state index is -3.02. The van der Waals surface area contributed by atoms with Crippen molar-refractivity contribution in [1.82, 2.24) is 0 Å². The van der Waals surface area contributed by atoms with Crippen LogP contribution in [-0.4, -0.2) is 24.8 Å². The zero-order chi connectivity index (χ0) is 12.3. The van der Waals surface area contributed by atoms with Gasteiger partial charge in [-0.1, -0.05) is 13.8 Å². The van der Waals surface area contributed by atoms with Gasteiger partial charge in [0.05, 0.1) is 11.2 Å². The Hall–Kier alpha value is 0.0969. The van der Waals surface area contributed by atoms with Gasteiger partial charge in [-0.2, -0.15) is 0 Å². The first-order chi connectivity index (χ1) is 6.54. The van der Waals surface area contributed by atoms with Crippen LogP contribution in [0.5, 0.6) is 0 Å². The van der Waals surface area contributed by atoms with Crippen molar-refractivity contribution in [2.75, 3.05) is 0 Å². The number of hydrogen-bond donors (Lipinski definition) is 1. The highest BCUT2D eigenvalue weighted by atomic mass is 28.4. The largest absolute Gasteiger partial charge is 0.495 e. The molecule has 0 spiro atoms. The van der Waals surface area contributed by atoms with E-state index in [1.807, 2.05) is 41.5 Å². The molecule has 0 fully saturated rings. The van der Waals surface area contributed by atoms with Crippen LogP contribution in [-0.2, 0) is 8.85 Å². The van der Waals surface area contributed by atoms with Crippen molar-refractivity contribution in [3.8, 4) is 0 Å². The molecule has 0 saturated carbocycles. The summed E-state index contributed by atoms with van der Waals surface area (Å²) in [5, 5.41) is 0. The molecule has 0 aromatic heterocycles. The summed E-state index contributed by atoms with van der Waals surface area (Å²) in [5.41, 5.74) is -0.640. The van der Waals surface area contributed by atoms with Crippen molar-refractivity contribution in [3.63, 3.8) is 0 Å². The molecule has 0 aromatic carbocycles. The highest BCUT2D eigenvalue weighted by Crippen LogP contribution is 2.25. The van der Waals surface area contributed by atoms with E-state index in [1.54, 1.807) is 6.55 Å². The van der Waals surface area contributed by atoms with Crippen LogP contribution in [0.3, 0.4) is 0 Å². The minimum absolute atomic E-state index is 0.320. The molecular weight excluding hydrogens is 208 g/mol. The number of hydrogen-bond acceptors (Lipinski definition) is 3. The lowest BCUT2D eigenvalue weighted by Crippen LogP contribution is -2.50. The average molecular weight is 234 g/mol. The monoisotopic (exact) mass is 234 g/mol. The summed E-state index contributed by atoms with van der Waals surface area (Å²) in [6.07, 6.45) is 1.71. The lowest BCUT2D eigenvalue weighted by Gasteiger charge is -2.36. The van der Waals surface area contributed by atoms with E-state index < -0.39 is 8.80 Å². The van der Waals surface area contributed by atoms with Gasteiger partial charge in [-0.15, -0.1) is 0 Å². The van der Waals surface area contributed by atoms with Crippen LogP contribution in [0.25, 0.3) is 0 Å². The second-order valence-electron chi connectivity index (χ2n) is 5.33. The SMILES string of the molecule is CCC(C)(C)O[Si](C)(O)OC(C)(C)CC. The van der Waals surface area contributed by atoms with Gasteiger partial charge in [-0.3, -0.25) is 0 Å². The third-order valence-corrected chi connectivity index (χ3v) is 4.50. The molecule has 0 heterocycles. The topological polar surface area (TPSA) is 38.7 Å². The molecule has 1 N–H and O–H groups in total. The first kappa shape index (κ1) is 15.1. The second kappa shape index (κ2) is 4.95. The number of rotatable bonds is 6. The summed E-state index contributed by atoms with van der Waals surface area (Å²) >= 11 is 0. The summed E-state index contributed by atoms with van der Waals surface area (Å²) in [5.74, 6) is 0. The van der Waals surface area contributed by atoms with Gasteiger partial charge in [0.1, 0.15) is 0 Å². The maximum absolute atomic E-state index is 10.1. The van der Waals surface area contributed by atoms with Gasteiger partial charge in [0.25, 0.3) is 0 Å². The first-order valence-electron chi connectivity index (χ1n) is 5.66. The minimum Gasteiger partial charge on any atom is -0.390 e. The summed E-state index contributed by atoms with van der Waals surface area (Å²) in [6, 6.07) is 0. The Bertz CT molecular complexity index is 180. The molecule has 0 saturated heterocycles. The van der Waals surface area contributed by atoms with Crippen molar-refractivity contribution in [1.29, 1.82) is 0 Å². The van der Waals surface area contributed by atoms with Gasteiger partial charge in [-0.05, 0) is 40.5 Å². The lowest BCUT2D eigenvalue weighted by molar-refractivity contribution is -0.0385. The van der Waals surface area contributed by atoms with Crippen LogP contribution >= 0.6 is 0 Å². The summed E-state index contributed by atoms with van der Waals surface area (Å²) in [4.78, 5) is 10.1. The van der Waals surface area contributed by atoms with Gasteiger partial charge in [-0.25, -0.2) is 0 Å². The zero-order valence-electron chi connectivity index (χ0n) is 11.2. The van der Waals surface area contributed by atoms with E-state index in [4.69, 9.17) is 8.85 Å². The summed E-state index contributed by atoms with van der Waals surface area (Å²) in [6.45, 7) is 13.6. The Kier molecular flexibility index (Phi) is 4.98. The van der Waals surface area contributed by atoms with E-state index in [1.165, 1.54) is 0 Å². The molecule has 0 amide bonds. The fourth-order valence-corrected chi connectivity index (χ4v) is 3.57. The van der Waals surface area contributed by atoms with Gasteiger partial charge < -0.3 is 13.6 Å². The smallest absolute Gasteiger partial charge is 0.390 e. The fourth-order valence-electron chi connectivity index (χ4n) is 1.19. The average Bonchev–Trinajstić information content (AvgIpc) is 2.00. The molecule has 0 radical (unpaired) electrons. The molecule has 0 aromatic rings. The molecule has 0 rings (SSSR count). The molecule has 0 aliphatic carbocycles. The molecule has 0 unspecified atom stereocenters. The quantitative estimate of drug-likeness (QED) is 0.718. The van der Waals surface area contributed by atoms with Crippen LogP contribution < -0.4 is 0 Å². The van der Waals surface area contributed by atoms with E-state index in [2.05, 4.69) is 0 Å². The zero-order valence-corrected chi connectivity index (χ0v) is 12.2. The van der Waals surface area contributed by atoms with E-state index in [0.717, 1.165) is 12.8 Å². The fraction of sp³-hybridized carbons (Fsp3) is 1.00. The molecule has 15 heavy (non-hydrogen) atoms. The van der Waals surface area contributed by atoms with Crippen molar-refractivity contribution in [2.24, 2.45) is 0 Å². The normalized spacial score (nSPS) is 14.4. The maximum Gasteiger partial charge on any atom is 0.495 e. The lowest BCUT2D eigenvalue weighted by atomic mass is 10.1. The molecule has 0 bridgehead atoms. The Morgan fingerprint density at radius 1 is 0.933 bits per heavy atom. The highest BCUT2D eigenvalue weighted by molar-refractivity contribution is 6.57. The van der Waals surface area contributed by atoms with Crippen LogP contribution in [0.4, 0.5) is 0 Å². The molecule has 4 heteroatoms. The predicted molar refractivity (Wildman–Crippen MR) is 64.7 cm³/mol. The first-order valence-corrected chi connectivity index (χ1v) is 7.93. The Balaban J connectivity index is 4.43. The molecular formula is C11H26O3Si. The Labute approximate surface area is 95.2 Å². The maximum atomic E-state index is 10.1. The van der Waals surface area contributed by atoms with E-state index in [-0.39, 0.29) is 11.2 Å². The van der Waals surface area contributed by atoms with Crippen molar-refractivity contribution in [2.45, 2.75) is 72.1 Å². The summed E-state index contributed by atoms with van der Waals surface area (Å²) in [7, 11) is -3.02. The van der Waals surface area contributed by atoms with Crippen molar-refractivity contribution in [3.05, 3.63) is 0 Å². The van der Waals surface area contributed by atoms with Crippen molar-refractivity contribution >= 4 is 8.80 Å². The Morgan fingerprint density at radius 2 is 1.20 bits per heavy atom. The molecule has 3 nitrogen and oxygen atoms in total. The third-order valence-electron chi connectivity index (χ3n) is 2.63. The van der Waals surface area contributed by atoms with E-state index >= 15 is 0 Å². The van der Waals surface area contributed by atoms with E-state index in [9.17, 15) is 4.80 Å². The third kappa shape index (κ3) is 6.30. The van der Waals surface area contributed by atoms with Crippen molar-refractivity contribution < 1.29 is 13.6 Å². The molecule has 0 aliphatic heterocycles.